The van der Waals surface area contributed by atoms with Crippen LogP contribution in [0.1, 0.15) is 19.3 Å². The largest absolute Gasteiger partial charge is 0.320 e. The fourth-order valence-corrected chi connectivity index (χ4v) is 4.20. The molecule has 0 atom stereocenters. The van der Waals surface area contributed by atoms with Crippen LogP contribution in [0.5, 0.6) is 0 Å². The molecule has 1 heterocycles. The molecule has 23 heavy (non-hydrogen) atoms. The summed E-state index contributed by atoms with van der Waals surface area (Å²) in [7, 11) is -1.74. The van der Waals surface area contributed by atoms with Gasteiger partial charge in [-0.1, -0.05) is 6.07 Å². The number of halogens is 1. The van der Waals surface area contributed by atoms with Gasteiger partial charge in [0.25, 0.3) is 5.69 Å². The Bertz CT molecular complexity index is 631. The first-order valence-corrected chi connectivity index (χ1v) is 8.78. The molecule has 1 N–H and O–H groups in total. The molecule has 0 unspecified atom stereocenters. The number of sulfonamides is 1. The maximum absolute atomic E-state index is 12.6. The van der Waals surface area contributed by atoms with Crippen LogP contribution in [0.15, 0.2) is 29.2 Å². The molecule has 1 saturated heterocycles. The lowest BCUT2D eigenvalue weighted by molar-refractivity contribution is -0.385. The molecule has 0 bridgehead atoms. The first-order valence-electron chi connectivity index (χ1n) is 7.34. The van der Waals surface area contributed by atoms with Crippen LogP contribution in [-0.2, 0) is 10.0 Å². The van der Waals surface area contributed by atoms with Gasteiger partial charge in [-0.3, -0.25) is 10.1 Å². The van der Waals surface area contributed by atoms with Crippen molar-refractivity contribution >= 4 is 28.1 Å². The standard InChI is InChI=1S/C14H21N3O4S.ClH/c1-15-8-5-12-6-9-16(10-7-12)22(20,21)14-4-2-3-13(11-14)17(18)19;/h2-4,11-12,15H,5-10H2,1H3;1H. The Balaban J connectivity index is 0.00000264. The zero-order valence-corrected chi connectivity index (χ0v) is 14.6. The number of hydrogen-bond acceptors (Lipinski definition) is 5. The SMILES string of the molecule is CNCCC1CCN(S(=O)(=O)c2cccc([N+](=O)[O-])c2)CC1.Cl. The molecule has 2 rings (SSSR count). The van der Waals surface area contributed by atoms with Gasteiger partial charge in [0, 0.05) is 25.2 Å². The van der Waals surface area contributed by atoms with Crippen LogP contribution in [0.3, 0.4) is 0 Å². The fourth-order valence-electron chi connectivity index (χ4n) is 2.69. The number of benzene rings is 1. The molecule has 9 heteroatoms. The highest BCUT2D eigenvalue weighted by molar-refractivity contribution is 7.89. The highest BCUT2D eigenvalue weighted by Crippen LogP contribution is 2.26. The molecule has 0 amide bonds. The third-order valence-corrected chi connectivity index (χ3v) is 5.94. The number of hydrogen-bond donors (Lipinski definition) is 1. The second kappa shape index (κ2) is 8.58. The van der Waals surface area contributed by atoms with Crippen LogP contribution in [0, 0.1) is 16.0 Å². The van der Waals surface area contributed by atoms with E-state index in [1.807, 2.05) is 7.05 Å². The first kappa shape index (κ1) is 19.8. The Hall–Kier alpha value is -1.22. The first-order chi connectivity index (χ1) is 10.4. The van der Waals surface area contributed by atoms with Gasteiger partial charge >= 0.3 is 0 Å². The van der Waals surface area contributed by atoms with Crippen molar-refractivity contribution in [1.82, 2.24) is 9.62 Å². The lowest BCUT2D eigenvalue weighted by atomic mass is 9.95. The van der Waals surface area contributed by atoms with Gasteiger partial charge < -0.3 is 5.32 Å². The summed E-state index contributed by atoms with van der Waals surface area (Å²) in [6, 6.07) is 5.24. The molecule has 0 radical (unpaired) electrons. The maximum atomic E-state index is 12.6. The zero-order chi connectivity index (χ0) is 16.2. The smallest absolute Gasteiger partial charge is 0.270 e. The number of nitro groups is 1. The van der Waals surface area contributed by atoms with E-state index in [4.69, 9.17) is 0 Å². The van der Waals surface area contributed by atoms with Gasteiger partial charge in [-0.15, -0.1) is 12.4 Å². The minimum atomic E-state index is -3.65. The van der Waals surface area contributed by atoms with E-state index < -0.39 is 14.9 Å². The molecule has 0 aliphatic carbocycles. The van der Waals surface area contributed by atoms with Crippen LogP contribution >= 0.6 is 12.4 Å². The van der Waals surface area contributed by atoms with Crippen molar-refractivity contribution in [2.45, 2.75) is 24.2 Å². The van der Waals surface area contributed by atoms with E-state index in [1.165, 1.54) is 22.5 Å². The van der Waals surface area contributed by atoms with Gasteiger partial charge in [0.05, 0.1) is 9.82 Å². The normalized spacial score (nSPS) is 16.7. The highest BCUT2D eigenvalue weighted by Gasteiger charge is 2.30. The van der Waals surface area contributed by atoms with Crippen LogP contribution in [0.25, 0.3) is 0 Å². The lowest BCUT2D eigenvalue weighted by Gasteiger charge is -2.31. The van der Waals surface area contributed by atoms with E-state index in [-0.39, 0.29) is 23.0 Å². The van der Waals surface area contributed by atoms with E-state index in [0.29, 0.717) is 19.0 Å². The van der Waals surface area contributed by atoms with Crippen molar-refractivity contribution in [2.24, 2.45) is 5.92 Å². The number of nitrogens with zero attached hydrogens (tertiary/aromatic N) is 2. The summed E-state index contributed by atoms with van der Waals surface area (Å²) < 4.78 is 26.6. The van der Waals surface area contributed by atoms with Crippen molar-refractivity contribution in [3.05, 3.63) is 34.4 Å². The molecule has 1 aromatic carbocycles. The third-order valence-electron chi connectivity index (χ3n) is 4.04. The van der Waals surface area contributed by atoms with Crippen LogP contribution in [0.4, 0.5) is 5.69 Å². The number of non-ortho nitro benzene ring substituents is 1. The zero-order valence-electron chi connectivity index (χ0n) is 13.0. The molecule has 1 aromatic rings. The Labute approximate surface area is 142 Å². The molecule has 1 fully saturated rings. The second-order valence-corrected chi connectivity index (χ2v) is 7.43. The van der Waals surface area contributed by atoms with Crippen LogP contribution < -0.4 is 5.32 Å². The van der Waals surface area contributed by atoms with Crippen LogP contribution in [-0.4, -0.2) is 44.3 Å². The number of nitro benzene ring substituents is 1. The maximum Gasteiger partial charge on any atom is 0.270 e. The van der Waals surface area contributed by atoms with Gasteiger partial charge in [-0.2, -0.15) is 4.31 Å². The van der Waals surface area contributed by atoms with Gasteiger partial charge in [0.2, 0.25) is 10.0 Å². The Morgan fingerprint density at radius 2 is 2.00 bits per heavy atom. The third kappa shape index (κ3) is 4.87. The summed E-state index contributed by atoms with van der Waals surface area (Å²) in [5, 5.41) is 13.9. The summed E-state index contributed by atoms with van der Waals surface area (Å²) >= 11 is 0. The number of rotatable bonds is 6. The topological polar surface area (TPSA) is 92.6 Å². The van der Waals surface area contributed by atoms with Crippen LogP contribution in [0.2, 0.25) is 0 Å². The van der Waals surface area contributed by atoms with E-state index in [9.17, 15) is 18.5 Å². The van der Waals surface area contributed by atoms with Crippen molar-refractivity contribution < 1.29 is 13.3 Å². The Morgan fingerprint density at radius 3 is 2.57 bits per heavy atom. The molecule has 7 nitrogen and oxygen atoms in total. The van der Waals surface area contributed by atoms with E-state index in [0.717, 1.165) is 31.9 Å². The second-order valence-electron chi connectivity index (χ2n) is 5.49. The molecular formula is C14H22ClN3O4S. The molecule has 0 saturated carbocycles. The van der Waals surface area contributed by atoms with Gasteiger partial charge in [0.1, 0.15) is 0 Å². The van der Waals surface area contributed by atoms with Gasteiger partial charge in [-0.25, -0.2) is 8.42 Å². The summed E-state index contributed by atoms with van der Waals surface area (Å²) in [6.45, 7) is 1.88. The monoisotopic (exact) mass is 363 g/mol. The average molecular weight is 364 g/mol. The van der Waals surface area contributed by atoms with Gasteiger partial charge in [-0.05, 0) is 44.8 Å². The van der Waals surface area contributed by atoms with Crippen molar-refractivity contribution in [2.75, 3.05) is 26.7 Å². The van der Waals surface area contributed by atoms with E-state index in [2.05, 4.69) is 5.32 Å². The highest BCUT2D eigenvalue weighted by atomic mass is 35.5. The summed E-state index contributed by atoms with van der Waals surface area (Å²) in [4.78, 5) is 10.2. The summed E-state index contributed by atoms with van der Waals surface area (Å²) in [6.07, 6.45) is 2.70. The quantitative estimate of drug-likeness (QED) is 0.616. The van der Waals surface area contributed by atoms with Crippen molar-refractivity contribution in [3.63, 3.8) is 0 Å². The minimum absolute atomic E-state index is 0. The fraction of sp³-hybridized carbons (Fsp3) is 0.571. The molecule has 0 spiro atoms. The average Bonchev–Trinajstić information content (AvgIpc) is 2.53. The van der Waals surface area contributed by atoms with E-state index in [1.54, 1.807) is 0 Å². The molecule has 1 aliphatic rings. The number of nitrogens with one attached hydrogen (secondary N) is 1. The van der Waals surface area contributed by atoms with Gasteiger partial charge in [0.15, 0.2) is 0 Å². The Kier molecular flexibility index (Phi) is 7.40. The molecule has 130 valence electrons. The number of piperidine rings is 1. The molecule has 0 aromatic heterocycles. The molecular weight excluding hydrogens is 342 g/mol. The van der Waals surface area contributed by atoms with E-state index >= 15 is 0 Å². The van der Waals surface area contributed by atoms with Crippen molar-refractivity contribution in [3.8, 4) is 0 Å². The van der Waals surface area contributed by atoms with Crippen molar-refractivity contribution in [1.29, 1.82) is 0 Å². The lowest BCUT2D eigenvalue weighted by Crippen LogP contribution is -2.38. The Morgan fingerprint density at radius 1 is 1.35 bits per heavy atom. The predicted octanol–water partition coefficient (Wildman–Crippen LogP) is 2.03. The summed E-state index contributed by atoms with van der Waals surface area (Å²) in [5.74, 6) is 0.531. The minimum Gasteiger partial charge on any atom is -0.320 e. The summed E-state index contributed by atoms with van der Waals surface area (Å²) in [5.41, 5.74) is -0.204. The molecule has 1 aliphatic heterocycles. The predicted molar refractivity (Wildman–Crippen MR) is 90.4 cm³/mol.